The molecule has 1 atom stereocenters. The summed E-state index contributed by atoms with van der Waals surface area (Å²) in [5.74, 6) is -0.489. The average molecular weight is 380 g/mol. The van der Waals surface area contributed by atoms with Crippen LogP contribution in [0, 0.1) is 0 Å². The molecule has 1 aliphatic rings. The average Bonchev–Trinajstić information content (AvgIpc) is 3.17. The van der Waals surface area contributed by atoms with Crippen molar-refractivity contribution in [3.05, 3.63) is 53.3 Å². The van der Waals surface area contributed by atoms with Gasteiger partial charge in [-0.15, -0.1) is 0 Å². The molecular weight excluding hydrogens is 357 g/mol. The lowest BCUT2D eigenvalue weighted by atomic mass is 10.0. The Bertz CT molecular complexity index is 760. The number of likely N-dealkylation sites (N-methyl/N-ethyl adjacent to an activating group) is 1. The zero-order chi connectivity index (χ0) is 19.4. The Labute approximate surface area is 156 Å². The molecule has 0 unspecified atom stereocenters. The second-order valence-corrected chi connectivity index (χ2v) is 6.91. The molecule has 1 N–H and O–H groups in total. The van der Waals surface area contributed by atoms with Crippen LogP contribution < -0.4 is 0 Å². The van der Waals surface area contributed by atoms with Gasteiger partial charge in [0.2, 0.25) is 0 Å². The van der Waals surface area contributed by atoms with E-state index in [1.807, 2.05) is 23.3 Å². The number of aromatic amines is 1. The van der Waals surface area contributed by atoms with Gasteiger partial charge in [-0.25, -0.2) is 0 Å². The maximum absolute atomic E-state index is 12.7. The number of nitrogens with one attached hydrogen (secondary N) is 1. The third kappa shape index (κ3) is 4.88. The van der Waals surface area contributed by atoms with E-state index in [1.165, 1.54) is 10.5 Å². The van der Waals surface area contributed by atoms with Gasteiger partial charge in [-0.2, -0.15) is 18.3 Å². The summed E-state index contributed by atoms with van der Waals surface area (Å²) in [5, 5.41) is 5.44. The molecule has 1 amide bonds. The van der Waals surface area contributed by atoms with E-state index in [0.29, 0.717) is 6.54 Å². The Morgan fingerprint density at radius 3 is 2.74 bits per heavy atom. The summed E-state index contributed by atoms with van der Waals surface area (Å²) in [6, 6.07) is 10.9. The standard InChI is InChI=1S/C19H23F3N4O/c1-25(18(27)16-12-17(24-23-16)19(20,21)22)15-8-5-10-26(13-15)11-9-14-6-3-2-4-7-14/h2-4,6-7,12,15H,5,8-11,13H2,1H3,(H,23,24)/t15-/m1/s1. The highest BCUT2D eigenvalue weighted by atomic mass is 19.4. The van der Waals surface area contributed by atoms with Crippen LogP contribution in [0.1, 0.15) is 34.6 Å². The molecule has 8 heteroatoms. The summed E-state index contributed by atoms with van der Waals surface area (Å²) >= 11 is 0. The molecule has 1 aliphatic heterocycles. The highest BCUT2D eigenvalue weighted by Crippen LogP contribution is 2.28. The highest BCUT2D eigenvalue weighted by molar-refractivity contribution is 5.92. The number of hydrogen-bond donors (Lipinski definition) is 1. The molecule has 2 heterocycles. The summed E-state index contributed by atoms with van der Waals surface area (Å²) in [5.41, 5.74) is 0.0545. The molecule has 27 heavy (non-hydrogen) atoms. The van der Waals surface area contributed by atoms with Crippen molar-refractivity contribution in [3.63, 3.8) is 0 Å². The number of benzene rings is 1. The molecule has 146 valence electrons. The fourth-order valence-corrected chi connectivity index (χ4v) is 3.41. The van der Waals surface area contributed by atoms with Crippen molar-refractivity contribution in [3.8, 4) is 0 Å². The van der Waals surface area contributed by atoms with Crippen LogP contribution in [-0.4, -0.2) is 58.6 Å². The number of halogens is 3. The molecule has 0 bridgehead atoms. The van der Waals surface area contributed by atoms with Gasteiger partial charge in [0, 0.05) is 32.2 Å². The van der Waals surface area contributed by atoms with Crippen LogP contribution in [0.25, 0.3) is 0 Å². The summed E-state index contributed by atoms with van der Waals surface area (Å²) in [6.45, 7) is 2.57. The zero-order valence-corrected chi connectivity index (χ0v) is 15.2. The number of amides is 1. The minimum absolute atomic E-state index is 0.0342. The van der Waals surface area contributed by atoms with Gasteiger partial charge < -0.3 is 9.80 Å². The largest absolute Gasteiger partial charge is 0.432 e. The van der Waals surface area contributed by atoms with Crippen molar-refractivity contribution >= 4 is 5.91 Å². The number of alkyl halides is 3. The number of nitrogens with zero attached hydrogens (tertiary/aromatic N) is 3. The Balaban J connectivity index is 1.58. The van der Waals surface area contributed by atoms with Gasteiger partial charge in [-0.3, -0.25) is 9.89 Å². The quantitative estimate of drug-likeness (QED) is 0.867. The van der Waals surface area contributed by atoms with E-state index in [4.69, 9.17) is 0 Å². The van der Waals surface area contributed by atoms with Crippen molar-refractivity contribution < 1.29 is 18.0 Å². The number of likely N-dealkylation sites (tertiary alicyclic amines) is 1. The van der Waals surface area contributed by atoms with Gasteiger partial charge in [-0.1, -0.05) is 30.3 Å². The summed E-state index contributed by atoms with van der Waals surface area (Å²) < 4.78 is 38.1. The van der Waals surface area contributed by atoms with Crippen LogP contribution in [0.3, 0.4) is 0 Å². The zero-order valence-electron chi connectivity index (χ0n) is 15.2. The number of aromatic nitrogens is 2. The second kappa shape index (κ2) is 8.12. The topological polar surface area (TPSA) is 52.2 Å². The smallest absolute Gasteiger partial charge is 0.336 e. The van der Waals surface area contributed by atoms with Crippen LogP contribution in [0.5, 0.6) is 0 Å². The fraction of sp³-hybridized carbons (Fsp3) is 0.474. The molecule has 3 rings (SSSR count). The monoisotopic (exact) mass is 380 g/mol. The highest BCUT2D eigenvalue weighted by Gasteiger charge is 2.35. The van der Waals surface area contributed by atoms with Gasteiger partial charge in [0.05, 0.1) is 0 Å². The fourth-order valence-electron chi connectivity index (χ4n) is 3.41. The maximum atomic E-state index is 12.7. The van der Waals surface area contributed by atoms with Crippen molar-refractivity contribution in [2.24, 2.45) is 0 Å². The lowest BCUT2D eigenvalue weighted by Gasteiger charge is -2.37. The third-order valence-corrected chi connectivity index (χ3v) is 5.01. The Morgan fingerprint density at radius 2 is 2.07 bits per heavy atom. The van der Waals surface area contributed by atoms with Crippen LogP contribution in [0.2, 0.25) is 0 Å². The van der Waals surface area contributed by atoms with Crippen LogP contribution in [-0.2, 0) is 12.6 Å². The van der Waals surface area contributed by atoms with Crippen molar-refractivity contribution in [1.29, 1.82) is 0 Å². The Kier molecular flexibility index (Phi) is 5.84. The van der Waals surface area contributed by atoms with Crippen molar-refractivity contribution in [2.45, 2.75) is 31.5 Å². The van der Waals surface area contributed by atoms with E-state index in [1.54, 1.807) is 7.05 Å². The maximum Gasteiger partial charge on any atom is 0.432 e. The Hall–Kier alpha value is -2.35. The molecule has 1 saturated heterocycles. The lowest BCUT2D eigenvalue weighted by Crippen LogP contribution is -2.49. The summed E-state index contributed by atoms with van der Waals surface area (Å²) in [7, 11) is 1.63. The summed E-state index contributed by atoms with van der Waals surface area (Å²) in [4.78, 5) is 16.3. The third-order valence-electron chi connectivity index (χ3n) is 5.01. The number of H-pyrrole nitrogens is 1. The van der Waals surface area contributed by atoms with E-state index in [-0.39, 0.29) is 11.7 Å². The first-order valence-corrected chi connectivity index (χ1v) is 9.00. The Morgan fingerprint density at radius 1 is 1.33 bits per heavy atom. The molecule has 0 saturated carbocycles. The predicted octanol–water partition coefficient (Wildman–Crippen LogP) is 3.21. The van der Waals surface area contributed by atoms with E-state index < -0.39 is 17.8 Å². The van der Waals surface area contributed by atoms with E-state index in [2.05, 4.69) is 22.1 Å². The molecule has 0 radical (unpaired) electrons. The molecule has 1 fully saturated rings. The number of rotatable bonds is 5. The van der Waals surface area contributed by atoms with E-state index >= 15 is 0 Å². The number of piperidine rings is 1. The molecule has 0 aliphatic carbocycles. The molecule has 1 aromatic heterocycles. The van der Waals surface area contributed by atoms with Gasteiger partial charge in [-0.05, 0) is 31.4 Å². The lowest BCUT2D eigenvalue weighted by molar-refractivity contribution is -0.141. The minimum Gasteiger partial charge on any atom is -0.336 e. The van der Waals surface area contributed by atoms with Gasteiger partial charge in [0.25, 0.3) is 5.91 Å². The predicted molar refractivity (Wildman–Crippen MR) is 95.3 cm³/mol. The molecule has 1 aromatic carbocycles. The summed E-state index contributed by atoms with van der Waals surface area (Å²) in [6.07, 6.45) is -1.82. The number of hydrogen-bond acceptors (Lipinski definition) is 3. The molecule has 2 aromatic rings. The van der Waals surface area contributed by atoms with Crippen LogP contribution in [0.15, 0.2) is 36.4 Å². The first kappa shape index (κ1) is 19.4. The van der Waals surface area contributed by atoms with Crippen molar-refractivity contribution in [2.75, 3.05) is 26.7 Å². The van der Waals surface area contributed by atoms with E-state index in [0.717, 1.165) is 38.4 Å². The molecule has 0 spiro atoms. The first-order chi connectivity index (χ1) is 12.8. The van der Waals surface area contributed by atoms with Crippen LogP contribution in [0.4, 0.5) is 13.2 Å². The second-order valence-electron chi connectivity index (χ2n) is 6.91. The number of carbonyl (C=O) groups excluding carboxylic acids is 1. The van der Waals surface area contributed by atoms with Gasteiger partial charge in [0.1, 0.15) is 5.69 Å². The van der Waals surface area contributed by atoms with Crippen LogP contribution >= 0.6 is 0 Å². The molecular formula is C19H23F3N4O. The SMILES string of the molecule is CN(C(=O)c1cc(C(F)(F)F)[nH]n1)[C@@H]1CCCN(CCc2ccccc2)C1. The van der Waals surface area contributed by atoms with Crippen molar-refractivity contribution in [1.82, 2.24) is 20.0 Å². The first-order valence-electron chi connectivity index (χ1n) is 9.00. The van der Waals surface area contributed by atoms with E-state index in [9.17, 15) is 18.0 Å². The number of carbonyl (C=O) groups is 1. The molecule has 5 nitrogen and oxygen atoms in total. The van der Waals surface area contributed by atoms with Gasteiger partial charge >= 0.3 is 6.18 Å². The normalized spacial score (nSPS) is 18.4. The van der Waals surface area contributed by atoms with Gasteiger partial charge in [0.15, 0.2) is 5.69 Å². The minimum atomic E-state index is -4.54.